The van der Waals surface area contributed by atoms with Gasteiger partial charge < -0.3 is 9.47 Å². The Morgan fingerprint density at radius 1 is 0.926 bits per heavy atom. The van der Waals surface area contributed by atoms with E-state index in [1.165, 1.54) is 24.3 Å². The van der Waals surface area contributed by atoms with E-state index in [1.54, 1.807) is 37.6 Å². The number of ether oxygens (including phenoxy) is 2. The third-order valence-corrected chi connectivity index (χ3v) is 3.67. The van der Waals surface area contributed by atoms with E-state index < -0.39 is 11.8 Å². The van der Waals surface area contributed by atoms with Gasteiger partial charge in [0.15, 0.2) is 0 Å². The van der Waals surface area contributed by atoms with Crippen molar-refractivity contribution in [1.29, 1.82) is 0 Å². The van der Waals surface area contributed by atoms with E-state index in [4.69, 9.17) is 9.47 Å². The van der Waals surface area contributed by atoms with Crippen LogP contribution < -0.4 is 14.9 Å². The van der Waals surface area contributed by atoms with Crippen LogP contribution in [0.25, 0.3) is 0 Å². The van der Waals surface area contributed by atoms with E-state index in [-0.39, 0.29) is 5.56 Å². The van der Waals surface area contributed by atoms with Gasteiger partial charge in [0.25, 0.3) is 0 Å². The van der Waals surface area contributed by atoms with Gasteiger partial charge in [-0.15, -0.1) is 0 Å². The van der Waals surface area contributed by atoms with Crippen molar-refractivity contribution in [3.8, 4) is 11.5 Å². The van der Waals surface area contributed by atoms with Crippen LogP contribution in [0.4, 0.5) is 10.1 Å². The number of methoxy groups -OCH3 is 1. The number of carbonyl (C=O) groups is 1. The van der Waals surface area contributed by atoms with Crippen LogP contribution >= 0.6 is 0 Å². The average molecular weight is 364 g/mol. The van der Waals surface area contributed by atoms with E-state index in [9.17, 15) is 9.18 Å². The van der Waals surface area contributed by atoms with Gasteiger partial charge in [0, 0.05) is 0 Å². The smallest absolute Gasteiger partial charge is 0.343 e. The summed E-state index contributed by atoms with van der Waals surface area (Å²) >= 11 is 0. The van der Waals surface area contributed by atoms with Crippen LogP contribution in [0.2, 0.25) is 0 Å². The van der Waals surface area contributed by atoms with Crippen molar-refractivity contribution >= 4 is 17.9 Å². The van der Waals surface area contributed by atoms with Crippen LogP contribution in [0.5, 0.6) is 11.5 Å². The number of hydrogen-bond acceptors (Lipinski definition) is 5. The summed E-state index contributed by atoms with van der Waals surface area (Å²) in [6.45, 7) is 0. The van der Waals surface area contributed by atoms with Gasteiger partial charge >= 0.3 is 5.97 Å². The van der Waals surface area contributed by atoms with Gasteiger partial charge in [-0.1, -0.05) is 0 Å². The molecule has 0 atom stereocenters. The number of benzene rings is 3. The van der Waals surface area contributed by atoms with Crippen molar-refractivity contribution in [1.82, 2.24) is 0 Å². The predicted octanol–water partition coefficient (Wildman–Crippen LogP) is 4.50. The number of nitrogens with zero attached hydrogens (tertiary/aromatic N) is 1. The number of halogens is 1. The quantitative estimate of drug-likeness (QED) is 0.303. The van der Waals surface area contributed by atoms with Gasteiger partial charge in [0.2, 0.25) is 0 Å². The normalized spacial score (nSPS) is 10.6. The van der Waals surface area contributed by atoms with Crippen molar-refractivity contribution in [3.05, 3.63) is 89.7 Å². The molecule has 0 aliphatic rings. The molecule has 136 valence electrons. The molecule has 3 aromatic rings. The van der Waals surface area contributed by atoms with Crippen LogP contribution in [0, 0.1) is 5.82 Å². The summed E-state index contributed by atoms with van der Waals surface area (Å²) in [7, 11) is 1.61. The zero-order valence-corrected chi connectivity index (χ0v) is 14.6. The number of carbonyl (C=O) groups excluding carboxylic acids is 1. The molecule has 0 heterocycles. The maximum atomic E-state index is 12.9. The molecule has 3 aromatic carbocycles. The monoisotopic (exact) mass is 364 g/mol. The summed E-state index contributed by atoms with van der Waals surface area (Å²) < 4.78 is 23.2. The van der Waals surface area contributed by atoms with Crippen molar-refractivity contribution in [3.63, 3.8) is 0 Å². The lowest BCUT2D eigenvalue weighted by molar-refractivity contribution is 0.0734. The molecular weight excluding hydrogens is 347 g/mol. The molecule has 0 aromatic heterocycles. The Balaban J connectivity index is 1.56. The van der Waals surface area contributed by atoms with Crippen LogP contribution in [-0.2, 0) is 0 Å². The van der Waals surface area contributed by atoms with Gasteiger partial charge in [-0.3, -0.25) is 5.43 Å². The third kappa shape index (κ3) is 5.15. The fourth-order valence-electron chi connectivity index (χ4n) is 2.22. The van der Waals surface area contributed by atoms with Crippen molar-refractivity contribution in [2.45, 2.75) is 0 Å². The van der Waals surface area contributed by atoms with Gasteiger partial charge in [0.05, 0.1) is 24.6 Å². The fourth-order valence-corrected chi connectivity index (χ4v) is 2.22. The number of nitrogens with one attached hydrogen (secondary N) is 1. The molecule has 27 heavy (non-hydrogen) atoms. The lowest BCUT2D eigenvalue weighted by Gasteiger charge is -2.05. The Hall–Kier alpha value is -3.67. The minimum absolute atomic E-state index is 0.283. The molecule has 0 saturated carbocycles. The lowest BCUT2D eigenvalue weighted by Crippen LogP contribution is -2.08. The predicted molar refractivity (Wildman–Crippen MR) is 102 cm³/mol. The molecule has 0 radical (unpaired) electrons. The molecule has 0 amide bonds. The van der Waals surface area contributed by atoms with Crippen molar-refractivity contribution in [2.75, 3.05) is 12.5 Å². The molecular formula is C21H17FN2O3. The van der Waals surface area contributed by atoms with Gasteiger partial charge in [0.1, 0.15) is 17.3 Å². The molecule has 0 saturated heterocycles. The van der Waals surface area contributed by atoms with Gasteiger partial charge in [-0.25, -0.2) is 9.18 Å². The third-order valence-electron chi connectivity index (χ3n) is 3.67. The van der Waals surface area contributed by atoms with Crippen molar-refractivity contribution < 1.29 is 18.7 Å². The first-order chi connectivity index (χ1) is 13.1. The zero-order valence-electron chi connectivity index (χ0n) is 14.6. The first-order valence-electron chi connectivity index (χ1n) is 8.15. The number of hydrazone groups is 1. The second-order valence-electron chi connectivity index (χ2n) is 5.56. The van der Waals surface area contributed by atoms with Gasteiger partial charge in [-0.05, 0) is 78.4 Å². The standard InChI is InChI=1S/C21H17FN2O3/c1-26-19-12-8-18(9-13-19)24-23-14-15-2-10-20(11-3-15)27-21(25)16-4-6-17(22)7-5-16/h2-14,24H,1H3/b23-14+. The number of anilines is 1. The first-order valence-corrected chi connectivity index (χ1v) is 8.15. The van der Waals surface area contributed by atoms with E-state index in [2.05, 4.69) is 10.5 Å². The van der Waals surface area contributed by atoms with Gasteiger partial charge in [-0.2, -0.15) is 5.10 Å². The topological polar surface area (TPSA) is 59.9 Å². The SMILES string of the molecule is COc1ccc(N/N=C/c2ccc(OC(=O)c3ccc(F)cc3)cc2)cc1. The van der Waals surface area contributed by atoms with Crippen LogP contribution in [-0.4, -0.2) is 19.3 Å². The molecule has 5 nitrogen and oxygen atoms in total. The summed E-state index contributed by atoms with van der Waals surface area (Å²) in [5, 5.41) is 4.15. The minimum atomic E-state index is -0.544. The van der Waals surface area contributed by atoms with Crippen molar-refractivity contribution in [2.24, 2.45) is 5.10 Å². The lowest BCUT2D eigenvalue weighted by atomic mass is 10.2. The summed E-state index contributed by atoms with van der Waals surface area (Å²) in [5.74, 6) is 0.218. The summed E-state index contributed by atoms with van der Waals surface area (Å²) in [6.07, 6.45) is 1.65. The van der Waals surface area contributed by atoms with E-state index >= 15 is 0 Å². The number of hydrogen-bond donors (Lipinski definition) is 1. The number of esters is 1. The Morgan fingerprint density at radius 3 is 2.19 bits per heavy atom. The maximum absolute atomic E-state index is 12.9. The Morgan fingerprint density at radius 2 is 1.56 bits per heavy atom. The summed E-state index contributed by atoms with van der Waals surface area (Å²) in [4.78, 5) is 12.0. The second kappa shape index (κ2) is 8.62. The highest BCUT2D eigenvalue weighted by Crippen LogP contribution is 2.16. The molecule has 0 aliphatic heterocycles. The first kappa shape index (κ1) is 18.1. The molecule has 0 fully saturated rings. The van der Waals surface area contributed by atoms with Crippen LogP contribution in [0.15, 0.2) is 77.9 Å². The van der Waals surface area contributed by atoms with Crippen LogP contribution in [0.3, 0.4) is 0 Å². The molecule has 6 heteroatoms. The Kier molecular flexibility index (Phi) is 5.79. The Bertz CT molecular complexity index is 921. The summed E-state index contributed by atoms with van der Waals surface area (Å²) in [6, 6.07) is 19.4. The summed E-state index contributed by atoms with van der Waals surface area (Å²) in [5.41, 5.74) is 4.86. The van der Waals surface area contributed by atoms with Crippen LogP contribution in [0.1, 0.15) is 15.9 Å². The number of rotatable bonds is 6. The molecule has 0 unspecified atom stereocenters. The minimum Gasteiger partial charge on any atom is -0.497 e. The zero-order chi connectivity index (χ0) is 19.1. The Labute approximate surface area is 156 Å². The highest BCUT2D eigenvalue weighted by Gasteiger charge is 2.08. The molecule has 3 rings (SSSR count). The average Bonchev–Trinajstić information content (AvgIpc) is 2.70. The maximum Gasteiger partial charge on any atom is 0.343 e. The highest BCUT2D eigenvalue weighted by atomic mass is 19.1. The van der Waals surface area contributed by atoms with E-state index in [0.29, 0.717) is 5.75 Å². The second-order valence-corrected chi connectivity index (χ2v) is 5.56. The molecule has 0 bridgehead atoms. The largest absolute Gasteiger partial charge is 0.497 e. The van der Waals surface area contributed by atoms with E-state index in [0.717, 1.165) is 17.0 Å². The fraction of sp³-hybridized carbons (Fsp3) is 0.0476. The van der Waals surface area contributed by atoms with E-state index in [1.807, 2.05) is 24.3 Å². The molecule has 0 spiro atoms. The molecule has 1 N–H and O–H groups in total. The molecule has 0 aliphatic carbocycles. The highest BCUT2D eigenvalue weighted by molar-refractivity contribution is 5.91.